The largest absolute Gasteiger partial charge is 0.250 e. The van der Waals surface area contributed by atoms with Gasteiger partial charge in [-0.1, -0.05) is 25.1 Å². The number of benzene rings is 1. The summed E-state index contributed by atoms with van der Waals surface area (Å²) in [7, 11) is 0. The molecule has 66 valence electrons. The van der Waals surface area contributed by atoms with Gasteiger partial charge in [0.1, 0.15) is 0 Å². The van der Waals surface area contributed by atoms with Crippen molar-refractivity contribution in [1.82, 2.24) is 0 Å². The highest BCUT2D eigenvalue weighted by Gasteiger charge is 2.04. The molecule has 0 radical (unpaired) electrons. The molecule has 0 aliphatic rings. The van der Waals surface area contributed by atoms with Crippen LogP contribution in [0.1, 0.15) is 29.5 Å². The third-order valence-electron chi connectivity index (χ3n) is 2.33. The second kappa shape index (κ2) is 3.70. The van der Waals surface area contributed by atoms with Crippen LogP contribution in [0.2, 0.25) is 0 Å². The third kappa shape index (κ3) is 1.84. The molecule has 0 aliphatic heterocycles. The molecule has 1 heteroatoms. The summed E-state index contributed by atoms with van der Waals surface area (Å²) >= 11 is 0. The number of aryl methyl sites for hydroxylation is 2. The Balaban J connectivity index is 2.96. The van der Waals surface area contributed by atoms with Crippen molar-refractivity contribution in [3.63, 3.8) is 0 Å². The fraction of sp³-hybridized carbons (Fsp3) is 0.455. The SMILES string of the molecule is Cc1ccc(C(C)CF)cc1C. The minimum atomic E-state index is -0.275. The van der Waals surface area contributed by atoms with Crippen LogP contribution in [0.4, 0.5) is 4.39 Å². The molecule has 0 heterocycles. The van der Waals surface area contributed by atoms with Crippen molar-refractivity contribution in [3.05, 3.63) is 34.9 Å². The van der Waals surface area contributed by atoms with Gasteiger partial charge in [0.2, 0.25) is 0 Å². The summed E-state index contributed by atoms with van der Waals surface area (Å²) in [4.78, 5) is 0. The van der Waals surface area contributed by atoms with E-state index in [1.54, 1.807) is 0 Å². The van der Waals surface area contributed by atoms with Crippen molar-refractivity contribution < 1.29 is 4.39 Å². The standard InChI is InChI=1S/C11H15F/c1-8-4-5-11(6-9(8)2)10(3)7-12/h4-6,10H,7H2,1-3H3. The molecule has 1 atom stereocenters. The lowest BCUT2D eigenvalue weighted by Crippen LogP contribution is -1.96. The maximum absolute atomic E-state index is 12.3. The Morgan fingerprint density at radius 3 is 2.42 bits per heavy atom. The van der Waals surface area contributed by atoms with E-state index in [4.69, 9.17) is 0 Å². The number of rotatable bonds is 2. The Labute approximate surface area is 73.4 Å². The monoisotopic (exact) mass is 166 g/mol. The zero-order valence-electron chi connectivity index (χ0n) is 7.89. The first kappa shape index (κ1) is 9.24. The average Bonchev–Trinajstić information content (AvgIpc) is 2.08. The zero-order valence-corrected chi connectivity index (χ0v) is 7.89. The topological polar surface area (TPSA) is 0 Å². The van der Waals surface area contributed by atoms with E-state index in [-0.39, 0.29) is 12.6 Å². The highest BCUT2D eigenvalue weighted by atomic mass is 19.1. The number of alkyl halides is 1. The molecule has 1 unspecified atom stereocenters. The summed E-state index contributed by atoms with van der Waals surface area (Å²) in [5.41, 5.74) is 3.61. The van der Waals surface area contributed by atoms with E-state index in [1.165, 1.54) is 11.1 Å². The maximum atomic E-state index is 12.3. The number of hydrogen-bond donors (Lipinski definition) is 0. The van der Waals surface area contributed by atoms with Crippen LogP contribution in [-0.4, -0.2) is 6.67 Å². The van der Waals surface area contributed by atoms with Crippen LogP contribution in [0.5, 0.6) is 0 Å². The van der Waals surface area contributed by atoms with Gasteiger partial charge >= 0.3 is 0 Å². The quantitative estimate of drug-likeness (QED) is 0.631. The molecule has 12 heavy (non-hydrogen) atoms. The Morgan fingerprint density at radius 1 is 1.25 bits per heavy atom. The molecule has 1 aromatic carbocycles. The number of halogens is 1. The molecule has 0 saturated heterocycles. The second-order valence-corrected chi connectivity index (χ2v) is 3.40. The van der Waals surface area contributed by atoms with Crippen LogP contribution in [0.15, 0.2) is 18.2 Å². The van der Waals surface area contributed by atoms with Crippen molar-refractivity contribution in [3.8, 4) is 0 Å². The van der Waals surface area contributed by atoms with Gasteiger partial charge in [-0.15, -0.1) is 0 Å². The normalized spacial score (nSPS) is 13.0. The summed E-state index contributed by atoms with van der Waals surface area (Å²) in [5.74, 6) is 0.0318. The molecule has 1 rings (SSSR count). The lowest BCUT2D eigenvalue weighted by Gasteiger charge is -2.09. The van der Waals surface area contributed by atoms with E-state index < -0.39 is 0 Å². The van der Waals surface area contributed by atoms with Gasteiger partial charge in [-0.25, -0.2) is 0 Å². The van der Waals surface area contributed by atoms with E-state index in [1.807, 2.05) is 13.0 Å². The average molecular weight is 166 g/mol. The zero-order chi connectivity index (χ0) is 9.14. The van der Waals surface area contributed by atoms with Gasteiger partial charge in [0.15, 0.2) is 0 Å². The summed E-state index contributed by atoms with van der Waals surface area (Å²) in [6.07, 6.45) is 0. The van der Waals surface area contributed by atoms with Crippen molar-refractivity contribution in [2.24, 2.45) is 0 Å². The fourth-order valence-electron chi connectivity index (χ4n) is 1.16. The van der Waals surface area contributed by atoms with Gasteiger partial charge in [-0.05, 0) is 30.5 Å². The van der Waals surface area contributed by atoms with E-state index >= 15 is 0 Å². The maximum Gasteiger partial charge on any atom is 0.0960 e. The van der Waals surface area contributed by atoms with E-state index in [9.17, 15) is 4.39 Å². The molecule has 0 saturated carbocycles. The van der Waals surface area contributed by atoms with E-state index in [0.717, 1.165) is 5.56 Å². The lowest BCUT2D eigenvalue weighted by molar-refractivity contribution is 0.447. The molecule has 0 fully saturated rings. The number of hydrogen-bond acceptors (Lipinski definition) is 0. The first-order chi connectivity index (χ1) is 5.65. The molecular weight excluding hydrogens is 151 g/mol. The van der Waals surface area contributed by atoms with Gasteiger partial charge < -0.3 is 0 Å². The summed E-state index contributed by atoms with van der Waals surface area (Å²) < 4.78 is 12.3. The first-order valence-corrected chi connectivity index (χ1v) is 4.28. The highest BCUT2D eigenvalue weighted by molar-refractivity contribution is 5.31. The van der Waals surface area contributed by atoms with Crippen LogP contribution in [0, 0.1) is 13.8 Å². The Bertz CT molecular complexity index is 266. The van der Waals surface area contributed by atoms with E-state index in [0.29, 0.717) is 0 Å². The first-order valence-electron chi connectivity index (χ1n) is 4.28. The van der Waals surface area contributed by atoms with Crippen LogP contribution in [-0.2, 0) is 0 Å². The smallest absolute Gasteiger partial charge is 0.0960 e. The van der Waals surface area contributed by atoms with Crippen LogP contribution in [0.3, 0.4) is 0 Å². The Hall–Kier alpha value is -0.850. The third-order valence-corrected chi connectivity index (χ3v) is 2.33. The molecule has 0 amide bonds. The lowest BCUT2D eigenvalue weighted by atomic mass is 9.98. The molecule has 0 N–H and O–H groups in total. The van der Waals surface area contributed by atoms with Gasteiger partial charge in [0.05, 0.1) is 6.67 Å². The second-order valence-electron chi connectivity index (χ2n) is 3.40. The molecule has 0 aliphatic carbocycles. The molecule has 0 nitrogen and oxygen atoms in total. The van der Waals surface area contributed by atoms with Gasteiger partial charge in [0, 0.05) is 5.92 Å². The van der Waals surface area contributed by atoms with Crippen molar-refractivity contribution in [2.75, 3.05) is 6.67 Å². The van der Waals surface area contributed by atoms with Crippen LogP contribution >= 0.6 is 0 Å². The molecule has 0 spiro atoms. The summed E-state index contributed by atoms with van der Waals surface area (Å²) in [6.45, 7) is 5.76. The predicted molar refractivity (Wildman–Crippen MR) is 50.3 cm³/mol. The van der Waals surface area contributed by atoms with Crippen molar-refractivity contribution >= 4 is 0 Å². The fourth-order valence-corrected chi connectivity index (χ4v) is 1.16. The molecule has 1 aromatic rings. The van der Waals surface area contributed by atoms with Crippen molar-refractivity contribution in [1.29, 1.82) is 0 Å². The molecular formula is C11H15F. The van der Waals surface area contributed by atoms with Crippen LogP contribution in [0.25, 0.3) is 0 Å². The summed E-state index contributed by atoms with van der Waals surface area (Å²) in [6, 6.07) is 6.13. The minimum Gasteiger partial charge on any atom is -0.250 e. The van der Waals surface area contributed by atoms with Crippen LogP contribution < -0.4 is 0 Å². The van der Waals surface area contributed by atoms with Crippen molar-refractivity contribution in [2.45, 2.75) is 26.7 Å². The van der Waals surface area contributed by atoms with E-state index in [2.05, 4.69) is 26.0 Å². The Kier molecular flexibility index (Phi) is 2.85. The predicted octanol–water partition coefficient (Wildman–Crippen LogP) is 3.38. The molecule has 0 aromatic heterocycles. The highest BCUT2D eigenvalue weighted by Crippen LogP contribution is 2.18. The van der Waals surface area contributed by atoms with Gasteiger partial charge in [-0.2, -0.15) is 0 Å². The van der Waals surface area contributed by atoms with Gasteiger partial charge in [0.25, 0.3) is 0 Å². The Morgan fingerprint density at radius 2 is 1.92 bits per heavy atom. The summed E-state index contributed by atoms with van der Waals surface area (Å²) in [5, 5.41) is 0. The minimum absolute atomic E-state index is 0.0318. The van der Waals surface area contributed by atoms with Gasteiger partial charge in [-0.3, -0.25) is 4.39 Å². The molecule has 0 bridgehead atoms.